The lowest BCUT2D eigenvalue weighted by Crippen LogP contribution is -2.57. The number of piperidine rings is 1. The molecule has 2 saturated heterocycles. The number of anilines is 1. The Labute approximate surface area is 226 Å². The van der Waals surface area contributed by atoms with E-state index in [4.69, 9.17) is 20.8 Å². The number of carbonyl (C=O) groups is 1. The highest BCUT2D eigenvalue weighted by Crippen LogP contribution is 2.30. The van der Waals surface area contributed by atoms with Gasteiger partial charge in [0, 0.05) is 68.9 Å². The lowest BCUT2D eigenvalue weighted by atomic mass is 9.86. The highest BCUT2D eigenvalue weighted by Gasteiger charge is 2.35. The second kappa shape index (κ2) is 11.8. The summed E-state index contributed by atoms with van der Waals surface area (Å²) in [4.78, 5) is 32.0. The van der Waals surface area contributed by atoms with Gasteiger partial charge in [0.05, 0.1) is 24.4 Å². The molecule has 0 bridgehead atoms. The van der Waals surface area contributed by atoms with E-state index in [-0.39, 0.29) is 23.1 Å². The number of esters is 1. The van der Waals surface area contributed by atoms with E-state index in [1.54, 1.807) is 30.5 Å². The topological polar surface area (TPSA) is 66.2 Å². The molecule has 0 radical (unpaired) electrons. The number of hydrogen-bond acceptors (Lipinski definition) is 7. The van der Waals surface area contributed by atoms with E-state index < -0.39 is 0 Å². The number of carbonyl (C=O) groups excluding carboxylic acids is 1. The largest absolute Gasteiger partial charge is 0.469 e. The van der Waals surface area contributed by atoms with Gasteiger partial charge < -0.3 is 14.1 Å². The third kappa shape index (κ3) is 5.87. The SMILES string of the molecule is COC(=O)CC[C@H]1CN(Cc2coc3ccc(Cl)cc3c2=O)CC[C@H]1N1CCN(c2ccccc2F)CC1. The van der Waals surface area contributed by atoms with Gasteiger partial charge in [-0.15, -0.1) is 0 Å². The molecule has 38 heavy (non-hydrogen) atoms. The summed E-state index contributed by atoms with van der Waals surface area (Å²) in [5.74, 6) is -0.159. The number of halogens is 2. The van der Waals surface area contributed by atoms with Gasteiger partial charge in [0.2, 0.25) is 0 Å². The Bertz CT molecular complexity index is 1340. The van der Waals surface area contributed by atoms with Crippen molar-refractivity contribution in [3.8, 4) is 0 Å². The van der Waals surface area contributed by atoms with E-state index in [0.29, 0.717) is 52.7 Å². The molecule has 202 valence electrons. The van der Waals surface area contributed by atoms with Gasteiger partial charge in [0.25, 0.3) is 0 Å². The summed E-state index contributed by atoms with van der Waals surface area (Å²) in [6.45, 7) is 5.26. The van der Waals surface area contributed by atoms with Crippen molar-refractivity contribution in [3.05, 3.63) is 75.4 Å². The van der Waals surface area contributed by atoms with Crippen molar-refractivity contribution >= 4 is 34.2 Å². The Kier molecular flexibility index (Phi) is 8.31. The highest BCUT2D eigenvalue weighted by atomic mass is 35.5. The molecule has 2 aliphatic rings. The number of piperazine rings is 1. The number of ether oxygens (including phenoxy) is 1. The van der Waals surface area contributed by atoms with E-state index in [9.17, 15) is 14.0 Å². The van der Waals surface area contributed by atoms with E-state index >= 15 is 0 Å². The van der Waals surface area contributed by atoms with Crippen molar-refractivity contribution in [2.45, 2.75) is 31.8 Å². The summed E-state index contributed by atoms with van der Waals surface area (Å²) >= 11 is 6.11. The smallest absolute Gasteiger partial charge is 0.305 e. The molecule has 2 aliphatic heterocycles. The molecule has 2 fully saturated rings. The van der Waals surface area contributed by atoms with E-state index in [1.165, 1.54) is 13.2 Å². The minimum Gasteiger partial charge on any atom is -0.469 e. The van der Waals surface area contributed by atoms with Gasteiger partial charge >= 0.3 is 5.97 Å². The quantitative estimate of drug-likeness (QED) is 0.406. The summed E-state index contributed by atoms with van der Waals surface area (Å²) in [5.41, 5.74) is 1.71. The minimum atomic E-state index is -0.211. The average molecular weight is 542 g/mol. The third-order valence-electron chi connectivity index (χ3n) is 7.90. The first-order valence-electron chi connectivity index (χ1n) is 13.2. The molecule has 2 aromatic carbocycles. The fourth-order valence-corrected chi connectivity index (χ4v) is 6.08. The Morgan fingerprint density at radius 2 is 1.92 bits per heavy atom. The summed E-state index contributed by atoms with van der Waals surface area (Å²) < 4.78 is 25.0. The standard InChI is InChI=1S/C29H33ClFN3O4/c1-37-28(35)9-6-20-17-32(18-21-19-38-27-8-7-22(30)16-23(27)29(21)36)11-10-25(20)33-12-14-34(15-13-33)26-5-3-2-4-24(26)31/h2-5,7-8,16,19-20,25H,6,9-15,17-18H2,1H3/t20-,25+/m0/s1. The minimum absolute atomic E-state index is 0.0637. The molecule has 0 amide bonds. The van der Waals surface area contributed by atoms with Crippen molar-refractivity contribution in [2.75, 3.05) is 51.3 Å². The highest BCUT2D eigenvalue weighted by molar-refractivity contribution is 6.31. The average Bonchev–Trinajstić information content (AvgIpc) is 2.94. The summed E-state index contributed by atoms with van der Waals surface area (Å²) in [6, 6.07) is 12.3. The number of hydrogen-bond donors (Lipinski definition) is 0. The van der Waals surface area contributed by atoms with E-state index in [1.807, 2.05) is 12.1 Å². The maximum Gasteiger partial charge on any atom is 0.305 e. The van der Waals surface area contributed by atoms with Crippen LogP contribution in [0.15, 0.2) is 57.9 Å². The number of benzene rings is 2. The molecule has 9 heteroatoms. The molecule has 7 nitrogen and oxygen atoms in total. The molecule has 0 saturated carbocycles. The van der Waals surface area contributed by atoms with Gasteiger partial charge in [-0.3, -0.25) is 19.4 Å². The number of methoxy groups -OCH3 is 1. The van der Waals surface area contributed by atoms with Crippen LogP contribution in [0.3, 0.4) is 0 Å². The van der Waals surface area contributed by atoms with Gasteiger partial charge in [-0.05, 0) is 49.1 Å². The zero-order valence-electron chi connectivity index (χ0n) is 21.6. The summed E-state index contributed by atoms with van der Waals surface area (Å²) in [7, 11) is 1.42. The maximum absolute atomic E-state index is 14.3. The van der Waals surface area contributed by atoms with Crippen LogP contribution < -0.4 is 10.3 Å². The third-order valence-corrected chi connectivity index (χ3v) is 8.14. The molecule has 0 N–H and O–H groups in total. The Balaban J connectivity index is 1.27. The fraction of sp³-hybridized carbons (Fsp3) is 0.448. The molecule has 0 unspecified atom stereocenters. The summed E-state index contributed by atoms with van der Waals surface area (Å²) in [6.07, 6.45) is 3.55. The van der Waals surface area contributed by atoms with Crippen LogP contribution >= 0.6 is 11.6 Å². The Hall–Kier alpha value is -2.94. The predicted molar refractivity (Wildman–Crippen MR) is 146 cm³/mol. The summed E-state index contributed by atoms with van der Waals surface area (Å²) in [5, 5.41) is 0.987. The number of fused-ring (bicyclic) bond motifs is 1. The van der Waals surface area contributed by atoms with Crippen molar-refractivity contribution in [1.29, 1.82) is 0 Å². The first-order valence-corrected chi connectivity index (χ1v) is 13.5. The number of nitrogens with zero attached hydrogens (tertiary/aromatic N) is 3. The van der Waals surface area contributed by atoms with Crippen LogP contribution in [0.2, 0.25) is 5.02 Å². The number of likely N-dealkylation sites (tertiary alicyclic amines) is 1. The molecule has 3 heterocycles. The lowest BCUT2D eigenvalue weighted by molar-refractivity contribution is -0.141. The molecule has 5 rings (SSSR count). The normalized spacial score (nSPS) is 21.1. The van der Waals surface area contributed by atoms with Crippen LogP contribution in [0.5, 0.6) is 0 Å². The van der Waals surface area contributed by atoms with E-state index in [2.05, 4.69) is 14.7 Å². The lowest BCUT2D eigenvalue weighted by Gasteiger charge is -2.47. The van der Waals surface area contributed by atoms with Gasteiger partial charge in [0.1, 0.15) is 11.4 Å². The monoisotopic (exact) mass is 541 g/mol. The van der Waals surface area contributed by atoms with Gasteiger partial charge in [-0.1, -0.05) is 23.7 Å². The van der Waals surface area contributed by atoms with Crippen LogP contribution in [-0.2, 0) is 16.1 Å². The molecule has 3 aromatic rings. The van der Waals surface area contributed by atoms with Gasteiger partial charge in [-0.25, -0.2) is 4.39 Å². The maximum atomic E-state index is 14.3. The molecule has 1 aromatic heterocycles. The molecule has 2 atom stereocenters. The van der Waals surface area contributed by atoms with Gasteiger partial charge in [-0.2, -0.15) is 0 Å². The molecule has 0 aliphatic carbocycles. The molecular weight excluding hydrogens is 509 g/mol. The zero-order chi connectivity index (χ0) is 26.6. The van der Waals surface area contributed by atoms with Crippen LogP contribution in [0, 0.1) is 11.7 Å². The Morgan fingerprint density at radius 3 is 2.68 bits per heavy atom. The Morgan fingerprint density at radius 1 is 1.13 bits per heavy atom. The van der Waals surface area contributed by atoms with Crippen LogP contribution in [-0.4, -0.2) is 68.2 Å². The predicted octanol–water partition coefficient (Wildman–Crippen LogP) is 4.55. The van der Waals surface area contributed by atoms with Crippen molar-refractivity contribution in [2.24, 2.45) is 5.92 Å². The van der Waals surface area contributed by atoms with Crippen LogP contribution in [0.25, 0.3) is 11.0 Å². The first kappa shape index (κ1) is 26.7. The van der Waals surface area contributed by atoms with Crippen molar-refractivity contribution in [3.63, 3.8) is 0 Å². The zero-order valence-corrected chi connectivity index (χ0v) is 22.3. The fourth-order valence-electron chi connectivity index (χ4n) is 5.90. The number of para-hydroxylation sites is 1. The van der Waals surface area contributed by atoms with Crippen LogP contribution in [0.1, 0.15) is 24.8 Å². The number of rotatable bonds is 7. The second-order valence-corrected chi connectivity index (χ2v) is 10.6. The molecular formula is C29H33ClFN3O4. The first-order chi connectivity index (χ1) is 18.4. The molecule has 0 spiro atoms. The van der Waals surface area contributed by atoms with Crippen molar-refractivity contribution < 1.29 is 18.3 Å². The van der Waals surface area contributed by atoms with Gasteiger partial charge in [0.15, 0.2) is 5.43 Å². The second-order valence-electron chi connectivity index (χ2n) is 10.2. The van der Waals surface area contributed by atoms with Crippen molar-refractivity contribution in [1.82, 2.24) is 9.80 Å². The van der Waals surface area contributed by atoms with E-state index in [0.717, 1.165) is 45.7 Å². The van der Waals surface area contributed by atoms with Crippen LogP contribution in [0.4, 0.5) is 10.1 Å².